The summed E-state index contributed by atoms with van der Waals surface area (Å²) in [6.45, 7) is 4.00. The minimum atomic E-state index is 1.15. The van der Waals surface area contributed by atoms with E-state index in [0.717, 1.165) is 22.3 Å². The molecule has 0 amide bonds. The van der Waals surface area contributed by atoms with Crippen LogP contribution in [0.4, 0.5) is 0 Å². The molecule has 0 saturated carbocycles. The molecule has 4 nitrogen and oxygen atoms in total. The predicted molar refractivity (Wildman–Crippen MR) is 174 cm³/mol. The molecule has 0 aliphatic carbocycles. The van der Waals surface area contributed by atoms with Crippen LogP contribution in [0.2, 0.25) is 0 Å². The van der Waals surface area contributed by atoms with Gasteiger partial charge in [0.25, 0.3) is 0 Å². The summed E-state index contributed by atoms with van der Waals surface area (Å²) < 4.78 is 0. The highest BCUT2D eigenvalue weighted by Gasteiger charge is 2.20. The lowest BCUT2D eigenvalue weighted by molar-refractivity contribution is 1.33. The van der Waals surface area contributed by atoms with Crippen molar-refractivity contribution in [1.82, 2.24) is 19.9 Å². The molecule has 0 atom stereocenters. The maximum Gasteiger partial charge on any atom is 0.0273 e. The molecule has 4 aromatic carbocycles. The molecule has 4 heteroatoms. The molecule has 0 radical (unpaired) electrons. The quantitative estimate of drug-likeness (QED) is 0.208. The molecular weight excluding hydrogens is 512 g/mol. The zero-order chi connectivity index (χ0) is 28.5. The summed E-state index contributed by atoms with van der Waals surface area (Å²) in [4.78, 5) is 17.1. The van der Waals surface area contributed by atoms with Gasteiger partial charge in [0.1, 0.15) is 0 Å². The number of pyridine rings is 4. The molecule has 4 aromatic heterocycles. The van der Waals surface area contributed by atoms with E-state index in [-0.39, 0.29) is 0 Å². The van der Waals surface area contributed by atoms with E-state index in [1.165, 1.54) is 54.6 Å². The lowest BCUT2D eigenvalue weighted by atomic mass is 9.82. The Morgan fingerprint density at radius 2 is 0.524 bits per heavy atom. The van der Waals surface area contributed by atoms with Crippen molar-refractivity contribution in [3.8, 4) is 44.5 Å². The lowest BCUT2D eigenvalue weighted by Gasteiger charge is -2.21. The highest BCUT2D eigenvalue weighted by molar-refractivity contribution is 6.31. The van der Waals surface area contributed by atoms with Gasteiger partial charge in [-0.15, -0.1) is 0 Å². The van der Waals surface area contributed by atoms with Crippen LogP contribution in [0.5, 0.6) is 0 Å². The fourth-order valence-corrected chi connectivity index (χ4v) is 6.07. The van der Waals surface area contributed by atoms with Crippen molar-refractivity contribution in [3.63, 3.8) is 0 Å². The van der Waals surface area contributed by atoms with Gasteiger partial charge in [0.15, 0.2) is 0 Å². The monoisotopic (exact) mass is 540 g/mol. The SMILES string of the molecule is CC.c1cc(-c2cc(-c3ccncc3)c3ccc4c(-c5ccncc5)cc(-c5ccncc5)c5ccc2c3c54)ccn1. The number of rotatable bonds is 4. The first kappa shape index (κ1) is 25.5. The number of hydrogen-bond donors (Lipinski definition) is 0. The van der Waals surface area contributed by atoms with Gasteiger partial charge in [-0.25, -0.2) is 0 Å². The zero-order valence-electron chi connectivity index (χ0n) is 23.5. The Balaban J connectivity index is 0.00000141. The Morgan fingerprint density at radius 1 is 0.310 bits per heavy atom. The number of aromatic nitrogens is 4. The average molecular weight is 541 g/mol. The van der Waals surface area contributed by atoms with Crippen LogP contribution in [0.1, 0.15) is 13.8 Å². The van der Waals surface area contributed by atoms with Crippen molar-refractivity contribution in [2.75, 3.05) is 0 Å². The second-order valence-corrected chi connectivity index (χ2v) is 9.96. The maximum atomic E-state index is 4.29. The molecule has 200 valence electrons. The van der Waals surface area contributed by atoms with Gasteiger partial charge in [-0.1, -0.05) is 38.1 Å². The van der Waals surface area contributed by atoms with Crippen LogP contribution in [0, 0.1) is 0 Å². The fourth-order valence-electron chi connectivity index (χ4n) is 6.07. The Kier molecular flexibility index (Phi) is 6.57. The first-order chi connectivity index (χ1) is 20.9. The molecule has 0 unspecified atom stereocenters. The van der Waals surface area contributed by atoms with Crippen molar-refractivity contribution in [1.29, 1.82) is 0 Å². The first-order valence-electron chi connectivity index (χ1n) is 14.3. The summed E-state index contributed by atoms with van der Waals surface area (Å²) >= 11 is 0. The third-order valence-electron chi connectivity index (χ3n) is 7.86. The standard InChI is InChI=1S/C36H22N4.C2H6/c1-2-28-32(24-7-15-38-16-8-24)22-34(26-11-19-40-20-12-26)30-4-3-29-33(25-9-17-39-18-10-25)21-31(23-5-13-37-14-6-23)27(1)35(29)36(28)30;1-2/h1-22H;1-2H3. The van der Waals surface area contributed by atoms with E-state index in [0.29, 0.717) is 0 Å². The van der Waals surface area contributed by atoms with E-state index in [4.69, 9.17) is 0 Å². The predicted octanol–water partition coefficient (Wildman–Crippen LogP) is 9.86. The minimum Gasteiger partial charge on any atom is -0.265 e. The van der Waals surface area contributed by atoms with Gasteiger partial charge in [-0.2, -0.15) is 0 Å². The molecule has 0 saturated heterocycles. The van der Waals surface area contributed by atoms with Gasteiger partial charge in [-0.3, -0.25) is 19.9 Å². The average Bonchev–Trinajstić information content (AvgIpc) is 3.09. The molecule has 0 aliphatic heterocycles. The second-order valence-electron chi connectivity index (χ2n) is 9.96. The summed E-state index contributed by atoms with van der Waals surface area (Å²) in [5, 5.41) is 7.44. The van der Waals surface area contributed by atoms with Crippen LogP contribution < -0.4 is 0 Å². The molecular formula is C38H28N4. The van der Waals surface area contributed by atoms with Crippen LogP contribution in [0.25, 0.3) is 76.8 Å². The van der Waals surface area contributed by atoms with Gasteiger partial charge < -0.3 is 0 Å². The van der Waals surface area contributed by atoms with E-state index >= 15 is 0 Å². The Bertz CT molecular complexity index is 1820. The molecule has 8 aromatic rings. The van der Waals surface area contributed by atoms with E-state index in [2.05, 4.69) is 105 Å². The van der Waals surface area contributed by atoms with Crippen molar-refractivity contribution in [3.05, 3.63) is 135 Å². The summed E-state index contributed by atoms with van der Waals surface area (Å²) in [6, 6.07) is 30.5. The molecule has 42 heavy (non-hydrogen) atoms. The normalized spacial score (nSPS) is 11.1. The zero-order valence-corrected chi connectivity index (χ0v) is 23.5. The molecule has 0 aliphatic rings. The molecule has 0 bridgehead atoms. The van der Waals surface area contributed by atoms with Gasteiger partial charge in [-0.05, 0) is 137 Å². The Morgan fingerprint density at radius 3 is 0.738 bits per heavy atom. The summed E-state index contributed by atoms with van der Waals surface area (Å²) in [5.41, 5.74) is 9.34. The topological polar surface area (TPSA) is 51.6 Å². The maximum absolute atomic E-state index is 4.29. The molecule has 4 heterocycles. The van der Waals surface area contributed by atoms with E-state index in [1.807, 2.05) is 63.4 Å². The third-order valence-corrected chi connectivity index (χ3v) is 7.86. The summed E-state index contributed by atoms with van der Waals surface area (Å²) in [6.07, 6.45) is 14.9. The minimum absolute atomic E-state index is 1.15. The van der Waals surface area contributed by atoms with Crippen molar-refractivity contribution in [2.45, 2.75) is 13.8 Å². The van der Waals surface area contributed by atoms with Crippen molar-refractivity contribution >= 4 is 32.3 Å². The van der Waals surface area contributed by atoms with E-state index in [9.17, 15) is 0 Å². The van der Waals surface area contributed by atoms with Crippen molar-refractivity contribution in [2.24, 2.45) is 0 Å². The van der Waals surface area contributed by atoms with Crippen LogP contribution in [0.3, 0.4) is 0 Å². The van der Waals surface area contributed by atoms with Crippen LogP contribution in [-0.2, 0) is 0 Å². The van der Waals surface area contributed by atoms with Gasteiger partial charge >= 0.3 is 0 Å². The number of hydrogen-bond acceptors (Lipinski definition) is 4. The van der Waals surface area contributed by atoms with Crippen molar-refractivity contribution < 1.29 is 0 Å². The number of nitrogens with zero attached hydrogens (tertiary/aromatic N) is 4. The highest BCUT2D eigenvalue weighted by atomic mass is 14.6. The summed E-state index contributed by atoms with van der Waals surface area (Å²) in [7, 11) is 0. The van der Waals surface area contributed by atoms with Crippen LogP contribution in [-0.4, -0.2) is 19.9 Å². The Labute approximate surface area is 244 Å². The van der Waals surface area contributed by atoms with Gasteiger partial charge in [0, 0.05) is 49.6 Å². The smallest absolute Gasteiger partial charge is 0.0273 e. The molecule has 0 spiro atoms. The Hall–Kier alpha value is -5.48. The largest absolute Gasteiger partial charge is 0.265 e. The van der Waals surface area contributed by atoms with E-state index < -0.39 is 0 Å². The first-order valence-corrected chi connectivity index (χ1v) is 14.3. The second kappa shape index (κ2) is 10.8. The van der Waals surface area contributed by atoms with Crippen LogP contribution in [0.15, 0.2) is 135 Å². The summed E-state index contributed by atoms with van der Waals surface area (Å²) in [5.74, 6) is 0. The fraction of sp³-hybridized carbons (Fsp3) is 0.0526. The van der Waals surface area contributed by atoms with Crippen LogP contribution >= 0.6 is 0 Å². The number of benzene rings is 4. The molecule has 0 fully saturated rings. The van der Waals surface area contributed by atoms with Gasteiger partial charge in [0.2, 0.25) is 0 Å². The van der Waals surface area contributed by atoms with Gasteiger partial charge in [0.05, 0.1) is 0 Å². The third kappa shape index (κ3) is 4.16. The molecule has 8 rings (SSSR count). The lowest BCUT2D eigenvalue weighted by Crippen LogP contribution is -1.94. The van der Waals surface area contributed by atoms with E-state index in [1.54, 1.807) is 0 Å². The highest BCUT2D eigenvalue weighted by Crippen LogP contribution is 2.48. The molecule has 0 N–H and O–H groups in total.